The first kappa shape index (κ1) is 27.0. The van der Waals surface area contributed by atoms with E-state index in [9.17, 15) is 18.4 Å². The van der Waals surface area contributed by atoms with Crippen LogP contribution < -0.4 is 24.4 Å². The summed E-state index contributed by atoms with van der Waals surface area (Å²) in [5.41, 5.74) is -0.330. The number of hydrogen-bond donors (Lipinski definition) is 1. The molecule has 0 radical (unpaired) electrons. The third kappa shape index (κ3) is 5.30. The minimum Gasteiger partial charge on any atom is -0.496 e. The number of rotatable bonds is 11. The summed E-state index contributed by atoms with van der Waals surface area (Å²) in [5.74, 6) is -3.50. The molecular formula is C26H26F3N3O6. The molecule has 2 heterocycles. The van der Waals surface area contributed by atoms with Gasteiger partial charge >= 0.3 is 6.03 Å². The number of ether oxygens (including phenoxy) is 4. The predicted molar refractivity (Wildman–Crippen MR) is 131 cm³/mol. The van der Waals surface area contributed by atoms with E-state index in [1.54, 1.807) is 6.08 Å². The Morgan fingerprint density at radius 2 is 1.84 bits per heavy atom. The molecule has 0 saturated carbocycles. The first-order valence-corrected chi connectivity index (χ1v) is 11.8. The lowest BCUT2D eigenvalue weighted by Gasteiger charge is -2.26. The molecule has 2 aliphatic heterocycles. The van der Waals surface area contributed by atoms with Crippen molar-refractivity contribution in [2.75, 3.05) is 32.3 Å². The van der Waals surface area contributed by atoms with E-state index in [2.05, 4.69) is 10.3 Å². The van der Waals surface area contributed by atoms with Crippen molar-refractivity contribution in [3.8, 4) is 17.2 Å². The number of Topliss-reactive ketones (excluding diaryl/α,β-unsaturated/α-hetero) is 1. The van der Waals surface area contributed by atoms with E-state index in [4.69, 9.17) is 18.9 Å². The number of nitrogens with zero attached hydrogens (tertiary/aromatic N) is 2. The molecule has 2 aliphatic rings. The van der Waals surface area contributed by atoms with E-state index in [-0.39, 0.29) is 46.6 Å². The zero-order chi connectivity index (χ0) is 27.4. The minimum atomic E-state index is -1.16. The quantitative estimate of drug-likeness (QED) is 0.440. The van der Waals surface area contributed by atoms with Crippen molar-refractivity contribution in [1.82, 2.24) is 5.32 Å². The molecule has 2 unspecified atom stereocenters. The third-order valence-electron chi connectivity index (χ3n) is 5.93. The van der Waals surface area contributed by atoms with Crippen LogP contribution in [-0.2, 0) is 16.1 Å². The maximum atomic E-state index is 15.2. The Balaban J connectivity index is 1.64. The van der Waals surface area contributed by atoms with Crippen molar-refractivity contribution in [2.24, 2.45) is 4.99 Å². The highest BCUT2D eigenvalue weighted by Gasteiger charge is 2.42. The van der Waals surface area contributed by atoms with Gasteiger partial charge in [0, 0.05) is 18.7 Å². The molecule has 1 N–H and O–H groups in total. The van der Waals surface area contributed by atoms with Crippen LogP contribution in [0.4, 0.5) is 23.7 Å². The van der Waals surface area contributed by atoms with Gasteiger partial charge in [-0.1, -0.05) is 13.0 Å². The van der Waals surface area contributed by atoms with Gasteiger partial charge in [-0.05, 0) is 24.6 Å². The fourth-order valence-electron chi connectivity index (χ4n) is 4.07. The lowest BCUT2D eigenvalue weighted by molar-refractivity contribution is -0.117. The van der Waals surface area contributed by atoms with Gasteiger partial charge in [0.2, 0.25) is 5.78 Å². The first-order valence-electron chi connectivity index (χ1n) is 11.8. The van der Waals surface area contributed by atoms with Crippen LogP contribution in [0.15, 0.2) is 41.4 Å². The summed E-state index contributed by atoms with van der Waals surface area (Å²) in [5, 5.41) is 2.68. The van der Waals surface area contributed by atoms with Gasteiger partial charge in [0.15, 0.2) is 35.1 Å². The van der Waals surface area contributed by atoms with Gasteiger partial charge in [-0.3, -0.25) is 14.7 Å². The number of methoxy groups -OCH3 is 2. The number of carbonyl (C=O) groups excluding carboxylic acids is 2. The molecule has 2 aromatic rings. The third-order valence-corrected chi connectivity index (χ3v) is 5.93. The number of amides is 2. The fraction of sp³-hybridized carbons (Fsp3) is 0.346. The van der Waals surface area contributed by atoms with E-state index in [1.807, 2.05) is 6.92 Å². The number of urea groups is 1. The Morgan fingerprint density at radius 3 is 2.55 bits per heavy atom. The molecule has 0 bridgehead atoms. The largest absolute Gasteiger partial charge is 0.496 e. The lowest BCUT2D eigenvalue weighted by atomic mass is 10.1. The molecule has 4 rings (SSSR count). The molecule has 1 saturated heterocycles. The van der Waals surface area contributed by atoms with Gasteiger partial charge in [0.1, 0.15) is 24.7 Å². The molecule has 2 amide bonds. The van der Waals surface area contributed by atoms with Crippen molar-refractivity contribution >= 4 is 23.2 Å². The predicted octanol–water partition coefficient (Wildman–Crippen LogP) is 3.93. The number of anilines is 1. The van der Waals surface area contributed by atoms with E-state index < -0.39 is 42.3 Å². The maximum Gasteiger partial charge on any atom is 0.324 e. The van der Waals surface area contributed by atoms with E-state index >= 15 is 4.39 Å². The Bertz CT molecular complexity index is 1300. The van der Waals surface area contributed by atoms with Crippen LogP contribution >= 0.6 is 0 Å². The number of aliphatic imine (C=N–C) groups is 1. The monoisotopic (exact) mass is 533 g/mol. The average molecular weight is 534 g/mol. The molecule has 2 aromatic carbocycles. The molecule has 1 fully saturated rings. The number of fused-ring (bicyclic) bond motifs is 1. The SMILES string of the molecule is CCCOCC(=O)C1=NC2C(C=C1)NC(=O)N2c1cc(OCc2c(OC)ccc(F)c2F)c(OC)cc1F. The summed E-state index contributed by atoms with van der Waals surface area (Å²) < 4.78 is 64.7. The lowest BCUT2D eigenvalue weighted by Crippen LogP contribution is -2.39. The fourth-order valence-corrected chi connectivity index (χ4v) is 4.07. The summed E-state index contributed by atoms with van der Waals surface area (Å²) in [6, 6.07) is 3.09. The van der Waals surface area contributed by atoms with Gasteiger partial charge in [0.05, 0.1) is 31.5 Å². The summed E-state index contributed by atoms with van der Waals surface area (Å²) >= 11 is 0. The number of nitrogens with one attached hydrogen (secondary N) is 1. The normalized spacial score (nSPS) is 18.1. The number of allylic oxidation sites excluding steroid dienone is 1. The summed E-state index contributed by atoms with van der Waals surface area (Å²) in [6.07, 6.45) is 2.86. The van der Waals surface area contributed by atoms with Gasteiger partial charge in [-0.25, -0.2) is 18.0 Å². The Hall–Kier alpha value is -4.06. The van der Waals surface area contributed by atoms with Crippen LogP contribution in [0.5, 0.6) is 17.2 Å². The van der Waals surface area contributed by atoms with Crippen LogP contribution in [-0.4, -0.2) is 57.2 Å². The smallest absolute Gasteiger partial charge is 0.324 e. The van der Waals surface area contributed by atoms with Crippen molar-refractivity contribution in [1.29, 1.82) is 0 Å². The second kappa shape index (κ2) is 11.5. The average Bonchev–Trinajstić information content (AvgIpc) is 3.24. The second-order valence-corrected chi connectivity index (χ2v) is 8.39. The van der Waals surface area contributed by atoms with Gasteiger partial charge in [-0.15, -0.1) is 0 Å². The van der Waals surface area contributed by atoms with Crippen LogP contribution in [0.1, 0.15) is 18.9 Å². The molecule has 0 aliphatic carbocycles. The van der Waals surface area contributed by atoms with Crippen molar-refractivity contribution < 1.29 is 41.7 Å². The maximum absolute atomic E-state index is 15.2. The van der Waals surface area contributed by atoms with Crippen LogP contribution in [0, 0.1) is 17.5 Å². The molecule has 12 heteroatoms. The summed E-state index contributed by atoms with van der Waals surface area (Å²) in [4.78, 5) is 30.8. The Morgan fingerprint density at radius 1 is 1.08 bits per heavy atom. The van der Waals surface area contributed by atoms with Crippen molar-refractivity contribution in [2.45, 2.75) is 32.2 Å². The zero-order valence-corrected chi connectivity index (χ0v) is 20.9. The number of benzene rings is 2. The number of hydrogen-bond acceptors (Lipinski definition) is 7. The highest BCUT2D eigenvalue weighted by Crippen LogP contribution is 2.38. The molecule has 202 valence electrons. The number of halogens is 3. The summed E-state index contributed by atoms with van der Waals surface area (Å²) in [7, 11) is 2.57. The minimum absolute atomic E-state index is 0.0471. The number of dihydropyridines is 1. The molecule has 2 atom stereocenters. The van der Waals surface area contributed by atoms with Gasteiger partial charge in [0.25, 0.3) is 0 Å². The molecule has 0 aromatic heterocycles. The molecule has 38 heavy (non-hydrogen) atoms. The van der Waals surface area contributed by atoms with E-state index in [0.29, 0.717) is 6.61 Å². The molecule has 9 nitrogen and oxygen atoms in total. The standard InChI is InChI=1S/C26H26F3N3O6/c1-4-9-37-13-20(33)17-6-7-18-25(30-17)32(26(34)31-18)19-11-23(22(36-3)10-16(19)28)38-12-14-21(35-2)8-5-15(27)24(14)29/h5-8,10-11,18,25H,4,9,12-13H2,1-3H3,(H,31,34). The molecule has 0 spiro atoms. The molecular weight excluding hydrogens is 507 g/mol. The van der Waals surface area contributed by atoms with Crippen molar-refractivity contribution in [3.05, 3.63) is 59.4 Å². The van der Waals surface area contributed by atoms with Crippen LogP contribution in [0.2, 0.25) is 0 Å². The number of carbonyl (C=O) groups is 2. The van der Waals surface area contributed by atoms with Gasteiger partial charge in [-0.2, -0.15) is 0 Å². The topological polar surface area (TPSA) is 98.7 Å². The number of ketones is 1. The first-order chi connectivity index (χ1) is 18.3. The Labute approximate surface area is 216 Å². The zero-order valence-electron chi connectivity index (χ0n) is 20.9. The van der Waals surface area contributed by atoms with E-state index in [1.165, 1.54) is 32.4 Å². The van der Waals surface area contributed by atoms with Crippen LogP contribution in [0.25, 0.3) is 0 Å². The summed E-state index contributed by atoms with van der Waals surface area (Å²) in [6.45, 7) is 1.66. The van der Waals surface area contributed by atoms with Gasteiger partial charge < -0.3 is 24.3 Å². The highest BCUT2D eigenvalue weighted by molar-refractivity contribution is 6.45. The van der Waals surface area contributed by atoms with Crippen LogP contribution in [0.3, 0.4) is 0 Å². The van der Waals surface area contributed by atoms with Crippen molar-refractivity contribution in [3.63, 3.8) is 0 Å². The second-order valence-electron chi connectivity index (χ2n) is 8.39. The van der Waals surface area contributed by atoms with E-state index in [0.717, 1.165) is 23.5 Å². The highest BCUT2D eigenvalue weighted by atomic mass is 19.2. The Kier molecular flexibility index (Phi) is 8.20.